The number of halogens is 1. The zero-order valence-corrected chi connectivity index (χ0v) is 12.5. The predicted octanol–water partition coefficient (Wildman–Crippen LogP) is 3.87. The van der Waals surface area contributed by atoms with Gasteiger partial charge in [-0.05, 0) is 12.8 Å². The minimum Gasteiger partial charge on any atom is -0.437 e. The fourth-order valence-corrected chi connectivity index (χ4v) is 2.01. The number of nitrogens with zero attached hydrogens (tertiary/aromatic N) is 3. The van der Waals surface area contributed by atoms with Crippen molar-refractivity contribution in [1.29, 1.82) is 0 Å². The van der Waals surface area contributed by atoms with Gasteiger partial charge in [-0.15, -0.1) is 0 Å². The van der Waals surface area contributed by atoms with Gasteiger partial charge in [0.25, 0.3) is 0 Å². The maximum absolute atomic E-state index is 5.91. The van der Waals surface area contributed by atoms with E-state index in [0.29, 0.717) is 16.7 Å². The van der Waals surface area contributed by atoms with Crippen LogP contribution < -0.4 is 10.1 Å². The Morgan fingerprint density at radius 2 is 2.10 bits per heavy atom. The van der Waals surface area contributed by atoms with Gasteiger partial charge in [0.15, 0.2) is 0 Å². The van der Waals surface area contributed by atoms with Crippen molar-refractivity contribution in [1.82, 2.24) is 15.0 Å². The van der Waals surface area contributed by atoms with Crippen molar-refractivity contribution in [2.45, 2.75) is 26.7 Å². The maximum atomic E-state index is 5.91. The molecule has 0 aliphatic rings. The highest BCUT2D eigenvalue weighted by molar-refractivity contribution is 6.30. The van der Waals surface area contributed by atoms with Crippen molar-refractivity contribution in [3.05, 3.63) is 35.4 Å². The number of pyridine rings is 1. The second-order valence-corrected chi connectivity index (χ2v) is 5.00. The smallest absolute Gasteiger partial charge is 0.227 e. The third-order valence-corrected chi connectivity index (χ3v) is 2.87. The molecule has 5 nitrogen and oxygen atoms in total. The molecule has 2 aromatic rings. The van der Waals surface area contributed by atoms with Crippen LogP contribution in [-0.4, -0.2) is 21.5 Å². The van der Waals surface area contributed by atoms with Gasteiger partial charge in [0.1, 0.15) is 17.9 Å². The molecule has 0 atom stereocenters. The van der Waals surface area contributed by atoms with Crippen LogP contribution in [0.15, 0.2) is 24.8 Å². The molecule has 0 saturated carbocycles. The Hall–Kier alpha value is -1.88. The molecule has 106 valence electrons. The van der Waals surface area contributed by atoms with E-state index in [1.807, 2.05) is 6.92 Å². The molecule has 0 aliphatic heterocycles. The average Bonchev–Trinajstić information content (AvgIpc) is 2.39. The summed E-state index contributed by atoms with van der Waals surface area (Å²) in [4.78, 5) is 12.5. The second kappa shape index (κ2) is 6.52. The quantitative estimate of drug-likeness (QED) is 0.906. The first-order chi connectivity index (χ1) is 9.61. The third kappa shape index (κ3) is 3.36. The van der Waals surface area contributed by atoms with E-state index in [9.17, 15) is 0 Å². The number of anilines is 1. The first-order valence-corrected chi connectivity index (χ1v) is 6.86. The molecule has 0 aromatic carbocycles. The van der Waals surface area contributed by atoms with Crippen LogP contribution in [-0.2, 0) is 0 Å². The third-order valence-electron chi connectivity index (χ3n) is 2.66. The highest BCUT2D eigenvalue weighted by atomic mass is 35.5. The molecule has 0 bridgehead atoms. The lowest BCUT2D eigenvalue weighted by Gasteiger charge is -2.16. The van der Waals surface area contributed by atoms with Gasteiger partial charge in [-0.3, -0.25) is 4.98 Å². The van der Waals surface area contributed by atoms with Crippen LogP contribution in [0, 0.1) is 0 Å². The Balaban J connectivity index is 2.38. The van der Waals surface area contributed by atoms with Gasteiger partial charge in [-0.1, -0.05) is 25.4 Å². The fraction of sp³-hybridized carbons (Fsp3) is 0.357. The summed E-state index contributed by atoms with van der Waals surface area (Å²) in [7, 11) is 0. The number of ether oxygens (including phenoxy) is 1. The lowest BCUT2D eigenvalue weighted by atomic mass is 10.1. The van der Waals surface area contributed by atoms with Crippen LogP contribution in [0.5, 0.6) is 11.6 Å². The highest BCUT2D eigenvalue weighted by Gasteiger charge is 2.16. The van der Waals surface area contributed by atoms with Crippen molar-refractivity contribution in [3.8, 4) is 11.6 Å². The van der Waals surface area contributed by atoms with Gasteiger partial charge in [0.05, 0.1) is 16.8 Å². The molecule has 20 heavy (non-hydrogen) atoms. The largest absolute Gasteiger partial charge is 0.437 e. The van der Waals surface area contributed by atoms with Gasteiger partial charge >= 0.3 is 0 Å². The minimum atomic E-state index is 0.229. The highest BCUT2D eigenvalue weighted by Crippen LogP contribution is 2.33. The Kier molecular flexibility index (Phi) is 4.74. The minimum absolute atomic E-state index is 0.229. The monoisotopic (exact) mass is 292 g/mol. The van der Waals surface area contributed by atoms with Gasteiger partial charge in [0.2, 0.25) is 5.88 Å². The molecule has 2 heterocycles. The molecule has 2 rings (SSSR count). The zero-order valence-electron chi connectivity index (χ0n) is 11.7. The Bertz CT molecular complexity index is 589. The molecule has 0 amide bonds. The number of hydrogen-bond acceptors (Lipinski definition) is 5. The van der Waals surface area contributed by atoms with E-state index in [0.717, 1.165) is 17.9 Å². The molecule has 0 unspecified atom stereocenters. The zero-order chi connectivity index (χ0) is 14.5. The van der Waals surface area contributed by atoms with Crippen molar-refractivity contribution < 1.29 is 4.74 Å². The summed E-state index contributed by atoms with van der Waals surface area (Å²) in [5, 5.41) is 3.74. The Morgan fingerprint density at radius 3 is 2.75 bits per heavy atom. The molecule has 1 N–H and O–H groups in total. The Morgan fingerprint density at radius 1 is 1.30 bits per heavy atom. The van der Waals surface area contributed by atoms with Crippen molar-refractivity contribution in [2.75, 3.05) is 11.9 Å². The van der Waals surface area contributed by atoms with E-state index in [1.165, 1.54) is 6.33 Å². The topological polar surface area (TPSA) is 59.9 Å². The Labute approximate surface area is 123 Å². The molecular formula is C14H17ClN4O. The van der Waals surface area contributed by atoms with Crippen molar-refractivity contribution >= 4 is 17.4 Å². The predicted molar refractivity (Wildman–Crippen MR) is 79.6 cm³/mol. The van der Waals surface area contributed by atoms with Gasteiger partial charge < -0.3 is 10.1 Å². The van der Waals surface area contributed by atoms with Gasteiger partial charge in [-0.25, -0.2) is 9.97 Å². The molecule has 0 aliphatic carbocycles. The fourth-order valence-electron chi connectivity index (χ4n) is 1.85. The lowest BCUT2D eigenvalue weighted by molar-refractivity contribution is 0.450. The number of aromatic nitrogens is 3. The number of rotatable bonds is 5. The summed E-state index contributed by atoms with van der Waals surface area (Å²) < 4.78 is 5.80. The summed E-state index contributed by atoms with van der Waals surface area (Å²) in [5.74, 6) is 2.10. The van der Waals surface area contributed by atoms with E-state index in [4.69, 9.17) is 16.3 Å². The van der Waals surface area contributed by atoms with E-state index >= 15 is 0 Å². The first kappa shape index (κ1) is 14.5. The van der Waals surface area contributed by atoms with Crippen LogP contribution >= 0.6 is 11.6 Å². The van der Waals surface area contributed by atoms with E-state index in [1.54, 1.807) is 18.5 Å². The van der Waals surface area contributed by atoms with Gasteiger partial charge in [-0.2, -0.15) is 0 Å². The summed E-state index contributed by atoms with van der Waals surface area (Å²) in [6.45, 7) is 6.95. The van der Waals surface area contributed by atoms with Crippen LogP contribution in [0.4, 0.5) is 5.82 Å². The molecule has 0 saturated heterocycles. The SMILES string of the molecule is CCNc1ncnc(Oc2cncc(Cl)c2)c1C(C)C. The summed E-state index contributed by atoms with van der Waals surface area (Å²) in [6.07, 6.45) is 4.64. The molecule has 6 heteroatoms. The first-order valence-electron chi connectivity index (χ1n) is 6.49. The standard InChI is InChI=1S/C14H17ClN4O/c1-4-17-13-12(9(2)3)14(19-8-18-13)20-11-5-10(15)6-16-7-11/h5-9H,4H2,1-3H3,(H,17,18,19). The van der Waals surface area contributed by atoms with Crippen LogP contribution in [0.3, 0.4) is 0 Å². The summed E-state index contributed by atoms with van der Waals surface area (Å²) >= 11 is 5.91. The normalized spacial score (nSPS) is 10.7. The van der Waals surface area contributed by atoms with E-state index in [2.05, 4.69) is 34.1 Å². The van der Waals surface area contributed by atoms with Crippen molar-refractivity contribution in [3.63, 3.8) is 0 Å². The van der Waals surface area contributed by atoms with Crippen LogP contribution in [0.2, 0.25) is 5.02 Å². The van der Waals surface area contributed by atoms with Crippen LogP contribution in [0.1, 0.15) is 32.3 Å². The molecule has 0 spiro atoms. The number of hydrogen-bond donors (Lipinski definition) is 1. The molecular weight excluding hydrogens is 276 g/mol. The summed E-state index contributed by atoms with van der Waals surface area (Å²) in [6, 6.07) is 1.70. The second-order valence-electron chi connectivity index (χ2n) is 4.57. The number of nitrogens with one attached hydrogen (secondary N) is 1. The molecule has 0 radical (unpaired) electrons. The molecule has 2 aromatic heterocycles. The van der Waals surface area contributed by atoms with E-state index < -0.39 is 0 Å². The van der Waals surface area contributed by atoms with E-state index in [-0.39, 0.29) is 5.92 Å². The maximum Gasteiger partial charge on any atom is 0.227 e. The van der Waals surface area contributed by atoms with Crippen molar-refractivity contribution in [2.24, 2.45) is 0 Å². The lowest BCUT2D eigenvalue weighted by Crippen LogP contribution is -2.07. The molecule has 0 fully saturated rings. The summed E-state index contributed by atoms with van der Waals surface area (Å²) in [5.41, 5.74) is 0.939. The van der Waals surface area contributed by atoms with Crippen LogP contribution in [0.25, 0.3) is 0 Å². The average molecular weight is 293 g/mol. The van der Waals surface area contributed by atoms with Gasteiger partial charge in [0, 0.05) is 18.8 Å².